The summed E-state index contributed by atoms with van der Waals surface area (Å²) in [4.78, 5) is 2.45. The Bertz CT molecular complexity index is 373. The van der Waals surface area contributed by atoms with Crippen LogP contribution in [0.25, 0.3) is 0 Å². The van der Waals surface area contributed by atoms with Crippen molar-refractivity contribution >= 4 is 0 Å². The van der Waals surface area contributed by atoms with E-state index < -0.39 is 0 Å². The first-order chi connectivity index (χ1) is 8.78. The van der Waals surface area contributed by atoms with Crippen LogP contribution in [0.15, 0.2) is 36.4 Å². The van der Waals surface area contributed by atoms with E-state index in [-0.39, 0.29) is 0 Å². The Balaban J connectivity index is 1.69. The number of likely N-dealkylation sites (tertiary alicyclic amines) is 1. The zero-order valence-corrected chi connectivity index (χ0v) is 11.3. The summed E-state index contributed by atoms with van der Waals surface area (Å²) in [5, 5.41) is 0. The predicted octanol–water partition coefficient (Wildman–Crippen LogP) is 3.28. The summed E-state index contributed by atoms with van der Waals surface area (Å²) >= 11 is 0. The summed E-state index contributed by atoms with van der Waals surface area (Å²) in [6, 6.07) is 8.41. The van der Waals surface area contributed by atoms with E-state index in [1.54, 1.807) is 0 Å². The molecule has 0 saturated carbocycles. The minimum absolute atomic E-state index is 0.776. The number of piperidine rings is 1. The second-order valence-corrected chi connectivity index (χ2v) is 4.94. The third-order valence-electron chi connectivity index (χ3n) is 3.57. The standard InChI is InChI=1S/C16H23NO/c1-3-15-4-6-16(7-5-15)18-13-12-17-10-8-14(2)9-11-17/h4-7H,2-3,8-13H2,1H3. The Morgan fingerprint density at radius 2 is 1.83 bits per heavy atom. The Morgan fingerprint density at radius 1 is 1.17 bits per heavy atom. The van der Waals surface area contributed by atoms with Crippen LogP contribution in [-0.4, -0.2) is 31.1 Å². The van der Waals surface area contributed by atoms with E-state index in [1.807, 2.05) is 0 Å². The Labute approximate surface area is 110 Å². The number of rotatable bonds is 5. The molecular weight excluding hydrogens is 222 g/mol. The van der Waals surface area contributed by atoms with E-state index >= 15 is 0 Å². The lowest BCUT2D eigenvalue weighted by atomic mass is 10.1. The smallest absolute Gasteiger partial charge is 0.119 e. The van der Waals surface area contributed by atoms with Crippen molar-refractivity contribution in [1.82, 2.24) is 4.90 Å². The van der Waals surface area contributed by atoms with Gasteiger partial charge < -0.3 is 4.74 Å². The van der Waals surface area contributed by atoms with Gasteiger partial charge in [-0.2, -0.15) is 0 Å². The second-order valence-electron chi connectivity index (χ2n) is 4.94. The molecule has 1 fully saturated rings. The number of hydrogen-bond donors (Lipinski definition) is 0. The van der Waals surface area contributed by atoms with Gasteiger partial charge in [0, 0.05) is 19.6 Å². The third kappa shape index (κ3) is 3.88. The number of nitrogens with zero attached hydrogens (tertiary/aromatic N) is 1. The molecule has 2 rings (SSSR count). The molecule has 0 aliphatic carbocycles. The molecule has 0 bridgehead atoms. The van der Waals surface area contributed by atoms with Gasteiger partial charge in [0.15, 0.2) is 0 Å². The fourth-order valence-corrected chi connectivity index (χ4v) is 2.21. The molecule has 1 aliphatic rings. The molecule has 1 aromatic rings. The predicted molar refractivity (Wildman–Crippen MR) is 76.1 cm³/mol. The highest BCUT2D eigenvalue weighted by Gasteiger charge is 2.11. The van der Waals surface area contributed by atoms with E-state index in [1.165, 1.54) is 11.1 Å². The van der Waals surface area contributed by atoms with Crippen LogP contribution in [0, 0.1) is 0 Å². The second kappa shape index (κ2) is 6.60. The Morgan fingerprint density at radius 3 is 2.44 bits per heavy atom. The van der Waals surface area contributed by atoms with Gasteiger partial charge >= 0.3 is 0 Å². The van der Waals surface area contributed by atoms with Crippen LogP contribution >= 0.6 is 0 Å². The molecule has 1 aliphatic heterocycles. The maximum absolute atomic E-state index is 5.77. The van der Waals surface area contributed by atoms with Gasteiger partial charge in [0.2, 0.25) is 0 Å². The van der Waals surface area contributed by atoms with E-state index in [0.29, 0.717) is 0 Å². The van der Waals surface area contributed by atoms with Crippen molar-refractivity contribution in [2.45, 2.75) is 26.2 Å². The summed E-state index contributed by atoms with van der Waals surface area (Å²) in [5.74, 6) is 0.980. The van der Waals surface area contributed by atoms with E-state index in [9.17, 15) is 0 Å². The van der Waals surface area contributed by atoms with Gasteiger partial charge in [0.25, 0.3) is 0 Å². The highest BCUT2D eigenvalue weighted by molar-refractivity contribution is 5.27. The molecule has 98 valence electrons. The van der Waals surface area contributed by atoms with E-state index in [2.05, 4.69) is 42.7 Å². The molecule has 2 heteroatoms. The molecule has 2 nitrogen and oxygen atoms in total. The van der Waals surface area contributed by atoms with Gasteiger partial charge in [-0.15, -0.1) is 0 Å². The SMILES string of the molecule is C=C1CCN(CCOc2ccc(CC)cc2)CC1. The third-order valence-corrected chi connectivity index (χ3v) is 3.57. The lowest BCUT2D eigenvalue weighted by molar-refractivity contribution is 0.199. The lowest BCUT2D eigenvalue weighted by Gasteiger charge is -2.27. The molecule has 1 heterocycles. The number of hydrogen-bond acceptors (Lipinski definition) is 2. The van der Waals surface area contributed by atoms with Gasteiger partial charge in [-0.25, -0.2) is 0 Å². The fraction of sp³-hybridized carbons (Fsp3) is 0.500. The average molecular weight is 245 g/mol. The molecule has 0 aromatic heterocycles. The van der Waals surface area contributed by atoms with Crippen molar-refractivity contribution in [3.63, 3.8) is 0 Å². The fourth-order valence-electron chi connectivity index (χ4n) is 2.21. The van der Waals surface area contributed by atoms with Gasteiger partial charge in [0.1, 0.15) is 12.4 Å². The quantitative estimate of drug-likeness (QED) is 0.738. The van der Waals surface area contributed by atoms with E-state index in [0.717, 1.165) is 51.3 Å². The molecule has 0 amide bonds. The molecule has 0 N–H and O–H groups in total. The molecule has 1 aromatic carbocycles. The van der Waals surface area contributed by atoms with Crippen molar-refractivity contribution in [2.75, 3.05) is 26.2 Å². The van der Waals surface area contributed by atoms with Crippen LogP contribution in [0.1, 0.15) is 25.3 Å². The maximum Gasteiger partial charge on any atom is 0.119 e. The summed E-state index contributed by atoms with van der Waals surface area (Å²) < 4.78 is 5.77. The first-order valence-electron chi connectivity index (χ1n) is 6.88. The van der Waals surface area contributed by atoms with Gasteiger partial charge in [-0.05, 0) is 37.0 Å². The summed E-state index contributed by atoms with van der Waals surface area (Å²) in [6.45, 7) is 10.3. The highest BCUT2D eigenvalue weighted by atomic mass is 16.5. The van der Waals surface area contributed by atoms with Crippen LogP contribution in [-0.2, 0) is 6.42 Å². The first kappa shape index (κ1) is 13.2. The van der Waals surface area contributed by atoms with Gasteiger partial charge in [-0.3, -0.25) is 4.90 Å². The number of ether oxygens (including phenoxy) is 1. The van der Waals surface area contributed by atoms with Crippen molar-refractivity contribution < 1.29 is 4.74 Å². The summed E-state index contributed by atoms with van der Waals surface area (Å²) in [7, 11) is 0. The largest absolute Gasteiger partial charge is 0.492 e. The maximum atomic E-state index is 5.77. The Hall–Kier alpha value is -1.28. The number of benzene rings is 1. The van der Waals surface area contributed by atoms with Crippen molar-refractivity contribution in [2.24, 2.45) is 0 Å². The zero-order valence-electron chi connectivity index (χ0n) is 11.3. The normalized spacial score (nSPS) is 16.8. The minimum atomic E-state index is 0.776. The molecule has 1 saturated heterocycles. The zero-order chi connectivity index (χ0) is 12.8. The van der Waals surface area contributed by atoms with E-state index in [4.69, 9.17) is 4.74 Å². The monoisotopic (exact) mass is 245 g/mol. The molecule has 0 unspecified atom stereocenters. The minimum Gasteiger partial charge on any atom is -0.492 e. The summed E-state index contributed by atoms with van der Waals surface area (Å²) in [6.07, 6.45) is 3.37. The van der Waals surface area contributed by atoms with Crippen molar-refractivity contribution in [1.29, 1.82) is 0 Å². The van der Waals surface area contributed by atoms with Crippen LogP contribution in [0.2, 0.25) is 0 Å². The van der Waals surface area contributed by atoms with Crippen molar-refractivity contribution in [3.05, 3.63) is 42.0 Å². The van der Waals surface area contributed by atoms with Crippen LogP contribution in [0.4, 0.5) is 0 Å². The van der Waals surface area contributed by atoms with Gasteiger partial charge in [-0.1, -0.05) is 31.2 Å². The lowest BCUT2D eigenvalue weighted by Crippen LogP contribution is -2.33. The molecular formula is C16H23NO. The van der Waals surface area contributed by atoms with Crippen LogP contribution < -0.4 is 4.74 Å². The molecule has 0 radical (unpaired) electrons. The summed E-state index contributed by atoms with van der Waals surface area (Å²) in [5.41, 5.74) is 2.75. The van der Waals surface area contributed by atoms with Crippen LogP contribution in [0.5, 0.6) is 5.75 Å². The average Bonchev–Trinajstić information content (AvgIpc) is 2.42. The first-order valence-corrected chi connectivity index (χ1v) is 6.88. The number of aryl methyl sites for hydroxylation is 1. The van der Waals surface area contributed by atoms with Crippen molar-refractivity contribution in [3.8, 4) is 5.75 Å². The Kier molecular flexibility index (Phi) is 4.82. The van der Waals surface area contributed by atoms with Gasteiger partial charge in [0.05, 0.1) is 0 Å². The highest BCUT2D eigenvalue weighted by Crippen LogP contribution is 2.15. The topological polar surface area (TPSA) is 12.5 Å². The molecule has 0 spiro atoms. The molecule has 18 heavy (non-hydrogen) atoms. The van der Waals surface area contributed by atoms with Crippen LogP contribution in [0.3, 0.4) is 0 Å². The molecule has 0 atom stereocenters.